The lowest BCUT2D eigenvalue weighted by atomic mass is 10.0. The standard InChI is InChI=1S/C14H18N2O/c1-3-14(12-6-4-11(2)5-7-12)16-9-13-8-15-10-17-13/h4-8,10,14,16H,3,9H2,1-2H3. The Hall–Kier alpha value is -1.61. The molecular weight excluding hydrogens is 212 g/mol. The van der Waals surface area contributed by atoms with E-state index in [0.29, 0.717) is 12.6 Å². The van der Waals surface area contributed by atoms with Crippen LogP contribution in [-0.2, 0) is 6.54 Å². The van der Waals surface area contributed by atoms with Gasteiger partial charge in [0.1, 0.15) is 5.76 Å². The lowest BCUT2D eigenvalue weighted by Gasteiger charge is -2.16. The third-order valence-electron chi connectivity index (χ3n) is 2.89. The van der Waals surface area contributed by atoms with E-state index in [0.717, 1.165) is 12.2 Å². The van der Waals surface area contributed by atoms with E-state index in [2.05, 4.69) is 48.4 Å². The van der Waals surface area contributed by atoms with E-state index in [-0.39, 0.29) is 0 Å². The summed E-state index contributed by atoms with van der Waals surface area (Å²) in [5.41, 5.74) is 2.61. The third-order valence-corrected chi connectivity index (χ3v) is 2.89. The van der Waals surface area contributed by atoms with Gasteiger partial charge in [-0.05, 0) is 18.9 Å². The van der Waals surface area contributed by atoms with Gasteiger partial charge in [0, 0.05) is 6.04 Å². The van der Waals surface area contributed by atoms with Crippen molar-refractivity contribution in [2.24, 2.45) is 0 Å². The maximum atomic E-state index is 5.21. The number of hydrogen-bond acceptors (Lipinski definition) is 3. The quantitative estimate of drug-likeness (QED) is 0.857. The van der Waals surface area contributed by atoms with Crippen molar-refractivity contribution in [3.63, 3.8) is 0 Å². The van der Waals surface area contributed by atoms with Gasteiger partial charge in [0.2, 0.25) is 0 Å². The molecule has 0 aliphatic heterocycles. The van der Waals surface area contributed by atoms with E-state index in [4.69, 9.17) is 4.42 Å². The van der Waals surface area contributed by atoms with Crippen LogP contribution in [0.4, 0.5) is 0 Å². The van der Waals surface area contributed by atoms with E-state index in [1.54, 1.807) is 6.20 Å². The molecular formula is C14H18N2O. The number of aryl methyl sites for hydroxylation is 1. The van der Waals surface area contributed by atoms with Crippen LogP contribution in [0.1, 0.15) is 36.3 Å². The monoisotopic (exact) mass is 230 g/mol. The number of benzene rings is 1. The predicted molar refractivity (Wildman–Crippen MR) is 67.6 cm³/mol. The first kappa shape index (κ1) is 11.9. The van der Waals surface area contributed by atoms with Crippen molar-refractivity contribution in [3.8, 4) is 0 Å². The van der Waals surface area contributed by atoms with Gasteiger partial charge >= 0.3 is 0 Å². The zero-order valence-electron chi connectivity index (χ0n) is 10.3. The van der Waals surface area contributed by atoms with Gasteiger partial charge in [-0.2, -0.15) is 0 Å². The molecule has 0 fully saturated rings. The van der Waals surface area contributed by atoms with Crippen LogP contribution in [0.2, 0.25) is 0 Å². The smallest absolute Gasteiger partial charge is 0.180 e. The van der Waals surface area contributed by atoms with Crippen molar-refractivity contribution in [1.82, 2.24) is 10.3 Å². The first-order chi connectivity index (χ1) is 8.29. The Labute approximate surface area is 102 Å². The van der Waals surface area contributed by atoms with Gasteiger partial charge in [0.15, 0.2) is 6.39 Å². The summed E-state index contributed by atoms with van der Waals surface area (Å²) in [6.45, 7) is 5.00. The fourth-order valence-corrected chi connectivity index (χ4v) is 1.85. The topological polar surface area (TPSA) is 38.1 Å². The molecule has 0 spiro atoms. The molecule has 3 nitrogen and oxygen atoms in total. The number of nitrogens with one attached hydrogen (secondary N) is 1. The molecule has 1 aromatic heterocycles. The number of aromatic nitrogens is 1. The maximum absolute atomic E-state index is 5.21. The average Bonchev–Trinajstić information content (AvgIpc) is 2.85. The Morgan fingerprint density at radius 1 is 1.29 bits per heavy atom. The van der Waals surface area contributed by atoms with Crippen LogP contribution in [0.25, 0.3) is 0 Å². The van der Waals surface area contributed by atoms with Gasteiger partial charge in [0.25, 0.3) is 0 Å². The molecule has 1 unspecified atom stereocenters. The molecule has 0 saturated carbocycles. The molecule has 3 heteroatoms. The van der Waals surface area contributed by atoms with Crippen LogP contribution in [-0.4, -0.2) is 4.98 Å². The van der Waals surface area contributed by atoms with Crippen LogP contribution in [0.15, 0.2) is 41.3 Å². The van der Waals surface area contributed by atoms with Gasteiger partial charge < -0.3 is 9.73 Å². The molecule has 17 heavy (non-hydrogen) atoms. The van der Waals surface area contributed by atoms with Crippen LogP contribution in [0.3, 0.4) is 0 Å². The van der Waals surface area contributed by atoms with Crippen molar-refractivity contribution in [2.75, 3.05) is 0 Å². The molecule has 1 heterocycles. The van der Waals surface area contributed by atoms with Crippen molar-refractivity contribution >= 4 is 0 Å². The second-order valence-corrected chi connectivity index (χ2v) is 4.22. The first-order valence-corrected chi connectivity index (χ1v) is 5.97. The number of rotatable bonds is 5. The Kier molecular flexibility index (Phi) is 3.94. The van der Waals surface area contributed by atoms with Gasteiger partial charge in [-0.1, -0.05) is 36.8 Å². The zero-order chi connectivity index (χ0) is 12.1. The molecule has 0 radical (unpaired) electrons. The fourth-order valence-electron chi connectivity index (χ4n) is 1.85. The molecule has 0 amide bonds. The summed E-state index contributed by atoms with van der Waals surface area (Å²) >= 11 is 0. The van der Waals surface area contributed by atoms with E-state index in [9.17, 15) is 0 Å². The van der Waals surface area contributed by atoms with Crippen molar-refractivity contribution in [2.45, 2.75) is 32.9 Å². The molecule has 0 saturated heterocycles. The zero-order valence-corrected chi connectivity index (χ0v) is 10.3. The summed E-state index contributed by atoms with van der Waals surface area (Å²) in [5.74, 6) is 0.871. The fraction of sp³-hybridized carbons (Fsp3) is 0.357. The summed E-state index contributed by atoms with van der Waals surface area (Å²) in [6, 6.07) is 9.01. The molecule has 1 atom stereocenters. The second-order valence-electron chi connectivity index (χ2n) is 4.22. The third kappa shape index (κ3) is 3.17. The molecule has 0 aliphatic carbocycles. The summed E-state index contributed by atoms with van der Waals surface area (Å²) in [4.78, 5) is 3.90. The molecule has 0 aliphatic rings. The van der Waals surface area contributed by atoms with Crippen LogP contribution in [0.5, 0.6) is 0 Å². The van der Waals surface area contributed by atoms with Gasteiger partial charge in [-0.25, -0.2) is 4.98 Å². The van der Waals surface area contributed by atoms with Gasteiger partial charge in [-0.15, -0.1) is 0 Å². The lowest BCUT2D eigenvalue weighted by Crippen LogP contribution is -2.19. The second kappa shape index (κ2) is 5.64. The SMILES string of the molecule is CCC(NCc1cnco1)c1ccc(C)cc1. The number of hydrogen-bond donors (Lipinski definition) is 1. The highest BCUT2D eigenvalue weighted by Gasteiger charge is 2.08. The van der Waals surface area contributed by atoms with E-state index in [1.807, 2.05) is 0 Å². The van der Waals surface area contributed by atoms with Crippen molar-refractivity contribution in [1.29, 1.82) is 0 Å². The predicted octanol–water partition coefficient (Wildman–Crippen LogP) is 3.22. The summed E-state index contributed by atoms with van der Waals surface area (Å²) < 4.78 is 5.21. The molecule has 2 rings (SSSR count). The molecule has 2 aromatic rings. The maximum Gasteiger partial charge on any atom is 0.180 e. The first-order valence-electron chi connectivity index (χ1n) is 5.97. The molecule has 90 valence electrons. The lowest BCUT2D eigenvalue weighted by molar-refractivity contribution is 0.441. The highest BCUT2D eigenvalue weighted by atomic mass is 16.3. The summed E-state index contributed by atoms with van der Waals surface area (Å²) in [6.07, 6.45) is 4.26. The van der Waals surface area contributed by atoms with E-state index in [1.165, 1.54) is 17.5 Å². The van der Waals surface area contributed by atoms with Crippen LogP contribution >= 0.6 is 0 Å². The Bertz CT molecular complexity index is 434. The van der Waals surface area contributed by atoms with Gasteiger partial charge in [0.05, 0.1) is 12.7 Å². The highest BCUT2D eigenvalue weighted by Crippen LogP contribution is 2.17. The van der Waals surface area contributed by atoms with E-state index >= 15 is 0 Å². The molecule has 0 bridgehead atoms. The highest BCUT2D eigenvalue weighted by molar-refractivity contribution is 5.24. The number of nitrogens with zero attached hydrogens (tertiary/aromatic N) is 1. The summed E-state index contributed by atoms with van der Waals surface area (Å²) in [7, 11) is 0. The van der Waals surface area contributed by atoms with E-state index < -0.39 is 0 Å². The molecule has 1 N–H and O–H groups in total. The normalized spacial score (nSPS) is 12.6. The average molecular weight is 230 g/mol. The summed E-state index contributed by atoms with van der Waals surface area (Å²) in [5, 5.41) is 3.47. The minimum Gasteiger partial charge on any atom is -0.447 e. The Morgan fingerprint density at radius 2 is 2.06 bits per heavy atom. The minimum atomic E-state index is 0.362. The Balaban J connectivity index is 1.99. The Morgan fingerprint density at radius 3 is 2.65 bits per heavy atom. The van der Waals surface area contributed by atoms with Gasteiger partial charge in [-0.3, -0.25) is 0 Å². The van der Waals surface area contributed by atoms with Crippen LogP contribution in [0, 0.1) is 6.92 Å². The number of oxazole rings is 1. The molecule has 1 aromatic carbocycles. The minimum absolute atomic E-state index is 0.362. The van der Waals surface area contributed by atoms with Crippen molar-refractivity contribution < 1.29 is 4.42 Å². The van der Waals surface area contributed by atoms with Crippen molar-refractivity contribution in [3.05, 3.63) is 53.7 Å². The largest absolute Gasteiger partial charge is 0.447 e. The van der Waals surface area contributed by atoms with Crippen LogP contribution < -0.4 is 5.32 Å².